The van der Waals surface area contributed by atoms with Crippen LogP contribution in [0.15, 0.2) is 5.16 Å². The predicted molar refractivity (Wildman–Crippen MR) is 96.8 cm³/mol. The molecule has 6 nitrogen and oxygen atoms in total. The highest BCUT2D eigenvalue weighted by Crippen LogP contribution is 2.45. The molecule has 4 fully saturated rings. The van der Waals surface area contributed by atoms with Crippen molar-refractivity contribution in [2.24, 2.45) is 0 Å². The van der Waals surface area contributed by atoms with Crippen LogP contribution in [0.4, 0.5) is 0 Å². The average Bonchev–Trinajstić information content (AvgIpc) is 3.46. The van der Waals surface area contributed by atoms with Gasteiger partial charge in [0, 0.05) is 37.1 Å². The Morgan fingerprint density at radius 2 is 1.72 bits per heavy atom. The molecular weight excluding hydrogens is 334 g/mol. The van der Waals surface area contributed by atoms with Crippen LogP contribution in [0.25, 0.3) is 0 Å². The summed E-state index contributed by atoms with van der Waals surface area (Å²) in [5.41, 5.74) is 0. The summed E-state index contributed by atoms with van der Waals surface area (Å²) in [5.74, 6) is 2.39. The molecule has 1 N–H and O–H groups in total. The molecule has 25 heavy (non-hydrogen) atoms. The number of piperidine rings is 1. The van der Waals surface area contributed by atoms with Crippen molar-refractivity contribution < 1.29 is 4.79 Å². The van der Waals surface area contributed by atoms with Crippen LogP contribution in [0, 0.1) is 0 Å². The van der Waals surface area contributed by atoms with Gasteiger partial charge >= 0.3 is 0 Å². The Bertz CT molecular complexity index is 642. The Hall–Kier alpha value is -1.08. The number of amides is 1. The molecule has 1 saturated heterocycles. The van der Waals surface area contributed by atoms with E-state index in [0.717, 1.165) is 43.0 Å². The van der Waals surface area contributed by atoms with Crippen molar-refractivity contribution >= 4 is 17.7 Å². The number of rotatable bonds is 7. The standard InChI is InChI=1S/C18H27N5OS/c24-16(19-13-7-9-22(10-8-13)14-3-4-14)11-25-18-21-20-17(12-1-2-12)23(18)15-5-6-15/h12-15H,1-11H2,(H,19,24). The molecule has 0 atom stereocenters. The maximum Gasteiger partial charge on any atom is 0.230 e. The van der Waals surface area contributed by atoms with E-state index in [4.69, 9.17) is 0 Å². The van der Waals surface area contributed by atoms with Gasteiger partial charge < -0.3 is 14.8 Å². The largest absolute Gasteiger partial charge is 0.353 e. The summed E-state index contributed by atoms with van der Waals surface area (Å²) in [6, 6.07) is 1.79. The molecule has 3 saturated carbocycles. The van der Waals surface area contributed by atoms with Gasteiger partial charge in [0.1, 0.15) is 5.82 Å². The van der Waals surface area contributed by atoms with E-state index >= 15 is 0 Å². The van der Waals surface area contributed by atoms with Crippen molar-refractivity contribution in [1.82, 2.24) is 25.0 Å². The van der Waals surface area contributed by atoms with Crippen LogP contribution in [0.1, 0.15) is 69.2 Å². The van der Waals surface area contributed by atoms with E-state index in [9.17, 15) is 4.79 Å². The van der Waals surface area contributed by atoms with Gasteiger partial charge in [0.25, 0.3) is 0 Å². The van der Waals surface area contributed by atoms with E-state index in [1.807, 2.05) is 0 Å². The predicted octanol–water partition coefficient (Wildman–Crippen LogP) is 2.33. The molecule has 4 aliphatic rings. The second-order valence-electron chi connectivity index (χ2n) is 8.11. The van der Waals surface area contributed by atoms with E-state index in [1.165, 1.54) is 38.5 Å². The number of aromatic nitrogens is 3. The van der Waals surface area contributed by atoms with Crippen molar-refractivity contribution in [2.75, 3.05) is 18.8 Å². The number of thioether (sulfide) groups is 1. The number of likely N-dealkylation sites (tertiary alicyclic amines) is 1. The van der Waals surface area contributed by atoms with Gasteiger partial charge in [0.2, 0.25) is 5.91 Å². The lowest BCUT2D eigenvalue weighted by Crippen LogP contribution is -2.45. The second kappa shape index (κ2) is 6.58. The summed E-state index contributed by atoms with van der Waals surface area (Å²) in [7, 11) is 0. The Balaban J connectivity index is 1.12. The molecule has 1 aliphatic heterocycles. The Morgan fingerprint density at radius 3 is 2.36 bits per heavy atom. The molecule has 0 spiro atoms. The van der Waals surface area contributed by atoms with Gasteiger partial charge in [-0.25, -0.2) is 0 Å². The summed E-state index contributed by atoms with van der Waals surface area (Å²) in [4.78, 5) is 15.0. The van der Waals surface area contributed by atoms with Gasteiger partial charge in [-0.1, -0.05) is 11.8 Å². The lowest BCUT2D eigenvalue weighted by Gasteiger charge is -2.32. The van der Waals surface area contributed by atoms with Gasteiger partial charge in [0.05, 0.1) is 5.75 Å². The smallest absolute Gasteiger partial charge is 0.230 e. The fourth-order valence-electron chi connectivity index (χ4n) is 3.93. The molecule has 0 aromatic carbocycles. The second-order valence-corrected chi connectivity index (χ2v) is 9.06. The highest BCUT2D eigenvalue weighted by atomic mass is 32.2. The first-order valence-corrected chi connectivity index (χ1v) is 10.9. The quantitative estimate of drug-likeness (QED) is 0.755. The third-order valence-electron chi connectivity index (χ3n) is 5.84. The van der Waals surface area contributed by atoms with Crippen LogP contribution in [0.2, 0.25) is 0 Å². The lowest BCUT2D eigenvalue weighted by atomic mass is 10.1. The Morgan fingerprint density at radius 1 is 1.00 bits per heavy atom. The average molecular weight is 362 g/mol. The number of carbonyl (C=O) groups excluding carboxylic acids is 1. The molecule has 1 aromatic heterocycles. The van der Waals surface area contributed by atoms with Crippen molar-refractivity contribution in [3.8, 4) is 0 Å². The van der Waals surface area contributed by atoms with Gasteiger partial charge in [-0.2, -0.15) is 0 Å². The van der Waals surface area contributed by atoms with Crippen molar-refractivity contribution in [3.05, 3.63) is 5.82 Å². The van der Waals surface area contributed by atoms with E-state index in [1.54, 1.807) is 11.8 Å². The zero-order chi connectivity index (χ0) is 16.8. The van der Waals surface area contributed by atoms with Crippen LogP contribution in [0.3, 0.4) is 0 Å². The zero-order valence-corrected chi connectivity index (χ0v) is 15.5. The lowest BCUT2D eigenvalue weighted by molar-refractivity contribution is -0.119. The number of nitrogens with one attached hydrogen (secondary N) is 1. The summed E-state index contributed by atoms with van der Waals surface area (Å²) >= 11 is 1.56. The highest BCUT2D eigenvalue weighted by molar-refractivity contribution is 7.99. The third-order valence-corrected chi connectivity index (χ3v) is 6.78. The van der Waals surface area contributed by atoms with E-state index in [-0.39, 0.29) is 5.91 Å². The fraction of sp³-hybridized carbons (Fsp3) is 0.833. The fourth-order valence-corrected chi connectivity index (χ4v) is 4.75. The maximum atomic E-state index is 12.4. The minimum atomic E-state index is 0.146. The SMILES string of the molecule is O=C(CSc1nnc(C2CC2)n1C1CC1)NC1CCN(C2CC2)CC1. The zero-order valence-electron chi connectivity index (χ0n) is 14.7. The number of hydrogen-bond donors (Lipinski definition) is 1. The summed E-state index contributed by atoms with van der Waals surface area (Å²) in [6.07, 6.45) is 9.89. The summed E-state index contributed by atoms with van der Waals surface area (Å²) in [6.45, 7) is 2.28. The maximum absolute atomic E-state index is 12.4. The van der Waals surface area contributed by atoms with Crippen molar-refractivity contribution in [3.63, 3.8) is 0 Å². The topological polar surface area (TPSA) is 63.1 Å². The van der Waals surface area contributed by atoms with Gasteiger partial charge in [-0.3, -0.25) is 4.79 Å². The Labute approximate surface area is 153 Å². The monoisotopic (exact) mass is 361 g/mol. The minimum absolute atomic E-state index is 0.146. The normalized spacial score (nSPS) is 25.3. The van der Waals surface area contributed by atoms with Gasteiger partial charge in [0.15, 0.2) is 5.16 Å². The Kier molecular flexibility index (Phi) is 4.24. The van der Waals surface area contributed by atoms with E-state index in [2.05, 4.69) is 25.0 Å². The van der Waals surface area contributed by atoms with Gasteiger partial charge in [-0.15, -0.1) is 10.2 Å². The minimum Gasteiger partial charge on any atom is -0.353 e. The summed E-state index contributed by atoms with van der Waals surface area (Å²) < 4.78 is 2.32. The van der Waals surface area contributed by atoms with Crippen LogP contribution >= 0.6 is 11.8 Å². The molecule has 5 rings (SSSR count). The van der Waals surface area contributed by atoms with Crippen LogP contribution in [-0.4, -0.2) is 56.5 Å². The van der Waals surface area contributed by atoms with Crippen LogP contribution in [0.5, 0.6) is 0 Å². The van der Waals surface area contributed by atoms with Crippen molar-refractivity contribution in [2.45, 2.75) is 80.6 Å². The molecule has 0 bridgehead atoms. The number of nitrogens with zero attached hydrogens (tertiary/aromatic N) is 4. The van der Waals surface area contributed by atoms with E-state index in [0.29, 0.717) is 23.8 Å². The highest BCUT2D eigenvalue weighted by Gasteiger charge is 2.36. The first kappa shape index (κ1) is 16.1. The number of hydrogen-bond acceptors (Lipinski definition) is 5. The first-order valence-electron chi connectivity index (χ1n) is 9.89. The molecule has 0 unspecified atom stereocenters. The molecule has 1 aromatic rings. The molecule has 2 heterocycles. The summed E-state index contributed by atoms with van der Waals surface area (Å²) in [5, 5.41) is 13.0. The first-order chi connectivity index (χ1) is 12.3. The third kappa shape index (κ3) is 3.72. The van der Waals surface area contributed by atoms with Gasteiger partial charge in [-0.05, 0) is 51.4 Å². The van der Waals surface area contributed by atoms with Crippen molar-refractivity contribution in [1.29, 1.82) is 0 Å². The molecule has 136 valence electrons. The van der Waals surface area contributed by atoms with E-state index < -0.39 is 0 Å². The molecule has 1 amide bonds. The molecular formula is C18H27N5OS. The molecule has 7 heteroatoms. The number of carbonyl (C=O) groups is 1. The van der Waals surface area contributed by atoms with Crippen LogP contribution in [-0.2, 0) is 4.79 Å². The van der Waals surface area contributed by atoms with Crippen LogP contribution < -0.4 is 5.32 Å². The molecule has 3 aliphatic carbocycles. The molecule has 0 radical (unpaired) electrons.